The Hall–Kier alpha value is -0.0800. The summed E-state index contributed by atoms with van der Waals surface area (Å²) in [6, 6.07) is 1.45. The molecule has 84 valence electrons. The molecule has 0 aromatic rings. The second kappa shape index (κ2) is 5.13. The molecule has 1 rings (SSSR count). The minimum absolute atomic E-state index is 0.692. The van der Waals surface area contributed by atoms with Crippen LogP contribution >= 0.6 is 0 Å². The van der Waals surface area contributed by atoms with Crippen molar-refractivity contribution < 1.29 is 0 Å². The molecule has 2 atom stereocenters. The highest BCUT2D eigenvalue weighted by atomic mass is 15.2. The Balaban J connectivity index is 2.55. The summed E-state index contributed by atoms with van der Waals surface area (Å²) in [5.41, 5.74) is 0. The fourth-order valence-corrected chi connectivity index (χ4v) is 2.53. The summed E-state index contributed by atoms with van der Waals surface area (Å²) in [6.45, 7) is 11.8. The zero-order valence-corrected chi connectivity index (χ0v) is 10.4. The summed E-state index contributed by atoms with van der Waals surface area (Å²) in [7, 11) is 2.06. The van der Waals surface area contributed by atoms with Crippen molar-refractivity contribution in [2.75, 3.05) is 20.1 Å². The van der Waals surface area contributed by atoms with Crippen LogP contribution in [-0.2, 0) is 0 Å². The van der Waals surface area contributed by atoms with Gasteiger partial charge in [0.2, 0.25) is 0 Å². The van der Waals surface area contributed by atoms with E-state index in [1.165, 1.54) is 13.0 Å². The van der Waals surface area contributed by atoms with Crippen molar-refractivity contribution >= 4 is 0 Å². The minimum atomic E-state index is 0.692. The molecule has 2 nitrogen and oxygen atoms in total. The second-order valence-corrected chi connectivity index (χ2v) is 5.24. The lowest BCUT2D eigenvalue weighted by molar-refractivity contribution is 0.195. The van der Waals surface area contributed by atoms with Crippen molar-refractivity contribution in [2.45, 2.75) is 46.2 Å². The van der Waals surface area contributed by atoms with Gasteiger partial charge in [-0.05, 0) is 39.2 Å². The molecule has 1 aliphatic heterocycles. The van der Waals surface area contributed by atoms with Gasteiger partial charge in [0.15, 0.2) is 0 Å². The number of likely N-dealkylation sites (N-methyl/N-ethyl adjacent to an activating group) is 1. The van der Waals surface area contributed by atoms with E-state index in [1.807, 2.05) is 0 Å². The summed E-state index contributed by atoms with van der Waals surface area (Å²) >= 11 is 0. The lowest BCUT2D eigenvalue weighted by Gasteiger charge is -2.28. The van der Waals surface area contributed by atoms with Crippen LogP contribution in [0.25, 0.3) is 0 Å². The molecule has 0 amide bonds. The predicted molar refractivity (Wildman–Crippen MR) is 62.5 cm³/mol. The molecule has 1 heterocycles. The molecule has 2 heteroatoms. The van der Waals surface area contributed by atoms with Gasteiger partial charge in [0.1, 0.15) is 0 Å². The molecule has 1 N–H and O–H groups in total. The Bertz CT molecular complexity index is 166. The monoisotopic (exact) mass is 198 g/mol. The second-order valence-electron chi connectivity index (χ2n) is 5.24. The third-order valence-corrected chi connectivity index (χ3v) is 3.54. The minimum Gasteiger partial charge on any atom is -0.318 e. The number of hydrogen-bond acceptors (Lipinski definition) is 2. The number of hydrogen-bond donors (Lipinski definition) is 1. The van der Waals surface area contributed by atoms with Crippen LogP contribution in [0, 0.1) is 11.8 Å². The van der Waals surface area contributed by atoms with Gasteiger partial charge in [0.05, 0.1) is 0 Å². The summed E-state index contributed by atoms with van der Waals surface area (Å²) in [5.74, 6) is 1.73. The molecular formula is C12H26N2. The van der Waals surface area contributed by atoms with E-state index in [2.05, 4.69) is 45.0 Å². The van der Waals surface area contributed by atoms with Crippen molar-refractivity contribution in [3.8, 4) is 0 Å². The quantitative estimate of drug-likeness (QED) is 0.743. The normalized spacial score (nSPS) is 29.4. The molecule has 1 aliphatic rings. The largest absolute Gasteiger partial charge is 0.318 e. The van der Waals surface area contributed by atoms with Gasteiger partial charge >= 0.3 is 0 Å². The van der Waals surface area contributed by atoms with E-state index in [1.54, 1.807) is 0 Å². The van der Waals surface area contributed by atoms with E-state index in [4.69, 9.17) is 0 Å². The van der Waals surface area contributed by atoms with Gasteiger partial charge in [-0.15, -0.1) is 0 Å². The van der Waals surface area contributed by atoms with Gasteiger partial charge in [-0.3, -0.25) is 4.90 Å². The molecule has 14 heavy (non-hydrogen) atoms. The highest BCUT2D eigenvalue weighted by Gasteiger charge is 2.34. The lowest BCUT2D eigenvalue weighted by Crippen LogP contribution is -2.40. The Morgan fingerprint density at radius 3 is 2.36 bits per heavy atom. The fraction of sp³-hybridized carbons (Fsp3) is 1.00. The molecule has 0 aromatic carbocycles. The maximum absolute atomic E-state index is 3.31. The topological polar surface area (TPSA) is 15.3 Å². The third-order valence-electron chi connectivity index (χ3n) is 3.54. The molecule has 0 aliphatic carbocycles. The molecule has 0 bridgehead atoms. The maximum atomic E-state index is 3.31. The fourth-order valence-electron chi connectivity index (χ4n) is 2.53. The first-order chi connectivity index (χ1) is 6.56. The smallest absolute Gasteiger partial charge is 0.0226 e. The van der Waals surface area contributed by atoms with Gasteiger partial charge < -0.3 is 5.32 Å². The van der Waals surface area contributed by atoms with Crippen molar-refractivity contribution in [3.05, 3.63) is 0 Å². The first-order valence-electron chi connectivity index (χ1n) is 5.96. The van der Waals surface area contributed by atoms with Crippen LogP contribution in [0.1, 0.15) is 34.1 Å². The number of likely N-dealkylation sites (tertiary alicyclic amines) is 1. The summed E-state index contributed by atoms with van der Waals surface area (Å²) in [4.78, 5) is 2.65. The van der Waals surface area contributed by atoms with Crippen molar-refractivity contribution in [2.24, 2.45) is 11.8 Å². The van der Waals surface area contributed by atoms with E-state index in [-0.39, 0.29) is 0 Å². The van der Waals surface area contributed by atoms with Gasteiger partial charge in [0.25, 0.3) is 0 Å². The van der Waals surface area contributed by atoms with E-state index < -0.39 is 0 Å². The van der Waals surface area contributed by atoms with Gasteiger partial charge in [-0.25, -0.2) is 0 Å². The average Bonchev–Trinajstić information content (AvgIpc) is 2.49. The van der Waals surface area contributed by atoms with E-state index in [9.17, 15) is 0 Å². The van der Waals surface area contributed by atoms with E-state index in [0.29, 0.717) is 6.04 Å². The van der Waals surface area contributed by atoms with Crippen molar-refractivity contribution in [1.29, 1.82) is 0 Å². The molecule has 0 radical (unpaired) electrons. The van der Waals surface area contributed by atoms with Crippen LogP contribution in [0.4, 0.5) is 0 Å². The van der Waals surface area contributed by atoms with Crippen molar-refractivity contribution in [3.63, 3.8) is 0 Å². The molecule has 1 saturated heterocycles. The van der Waals surface area contributed by atoms with Gasteiger partial charge in [-0.1, -0.05) is 13.8 Å². The SMILES string of the molecule is CNCC1CC(C(C)C)CN1C(C)C. The Labute approximate surface area is 89.1 Å². The van der Waals surface area contributed by atoms with Crippen LogP contribution in [0.3, 0.4) is 0 Å². The van der Waals surface area contributed by atoms with Crippen LogP contribution in [-0.4, -0.2) is 37.1 Å². The summed E-state index contributed by atoms with van der Waals surface area (Å²) in [6.07, 6.45) is 1.37. The van der Waals surface area contributed by atoms with Crippen LogP contribution in [0.15, 0.2) is 0 Å². The summed E-state index contributed by atoms with van der Waals surface area (Å²) in [5, 5.41) is 3.31. The molecule has 0 aromatic heterocycles. The Morgan fingerprint density at radius 2 is 1.93 bits per heavy atom. The predicted octanol–water partition coefficient (Wildman–Crippen LogP) is 1.96. The first kappa shape index (κ1) is 12.0. The number of nitrogens with zero attached hydrogens (tertiary/aromatic N) is 1. The molecule has 0 spiro atoms. The standard InChI is InChI=1S/C12H26N2/c1-9(2)11-6-12(7-13-5)14(8-11)10(3)4/h9-13H,6-8H2,1-5H3. The lowest BCUT2D eigenvalue weighted by atomic mass is 9.93. The molecule has 2 unspecified atom stereocenters. The zero-order chi connectivity index (χ0) is 10.7. The maximum Gasteiger partial charge on any atom is 0.0226 e. The van der Waals surface area contributed by atoms with Gasteiger partial charge in [0, 0.05) is 25.2 Å². The molecule has 0 saturated carbocycles. The molecular weight excluding hydrogens is 172 g/mol. The zero-order valence-electron chi connectivity index (χ0n) is 10.4. The van der Waals surface area contributed by atoms with Crippen molar-refractivity contribution in [1.82, 2.24) is 10.2 Å². The Kier molecular flexibility index (Phi) is 4.39. The highest BCUT2D eigenvalue weighted by molar-refractivity contribution is 4.89. The van der Waals surface area contributed by atoms with Gasteiger partial charge in [-0.2, -0.15) is 0 Å². The van der Waals surface area contributed by atoms with Crippen LogP contribution < -0.4 is 5.32 Å². The summed E-state index contributed by atoms with van der Waals surface area (Å²) < 4.78 is 0. The van der Waals surface area contributed by atoms with E-state index in [0.717, 1.165) is 24.4 Å². The first-order valence-corrected chi connectivity index (χ1v) is 5.96. The highest BCUT2D eigenvalue weighted by Crippen LogP contribution is 2.29. The van der Waals surface area contributed by atoms with E-state index >= 15 is 0 Å². The number of rotatable bonds is 4. The third kappa shape index (κ3) is 2.71. The Morgan fingerprint density at radius 1 is 1.29 bits per heavy atom. The average molecular weight is 198 g/mol. The molecule has 1 fully saturated rings. The van der Waals surface area contributed by atoms with Crippen LogP contribution in [0.5, 0.6) is 0 Å². The van der Waals surface area contributed by atoms with Crippen LogP contribution in [0.2, 0.25) is 0 Å². The number of nitrogens with one attached hydrogen (secondary N) is 1.